The van der Waals surface area contributed by atoms with Crippen molar-refractivity contribution in [3.05, 3.63) is 23.2 Å². The number of nitrogens with two attached hydrogens (primary N) is 1. The first kappa shape index (κ1) is 11.9. The quantitative estimate of drug-likeness (QED) is 0.648. The Morgan fingerprint density at radius 2 is 2.06 bits per heavy atom. The van der Waals surface area contributed by atoms with Crippen LogP contribution in [0.5, 0.6) is 5.88 Å². The molecule has 0 radical (unpaired) electrons. The van der Waals surface area contributed by atoms with E-state index >= 15 is 0 Å². The zero-order chi connectivity index (χ0) is 12.4. The van der Waals surface area contributed by atoms with Crippen LogP contribution in [0.4, 0.5) is 5.82 Å². The number of fused-ring (bicyclic) bond motifs is 1. The third-order valence-corrected chi connectivity index (χ3v) is 2.43. The van der Waals surface area contributed by atoms with E-state index in [4.69, 9.17) is 22.2 Å². The van der Waals surface area contributed by atoms with E-state index in [9.17, 15) is 0 Å². The number of aromatic nitrogens is 2. The van der Waals surface area contributed by atoms with Gasteiger partial charge in [-0.05, 0) is 32.0 Å². The van der Waals surface area contributed by atoms with Gasteiger partial charge in [0.15, 0.2) is 5.82 Å². The molecule has 2 rings (SSSR count). The average Bonchev–Trinajstić information content (AvgIpc) is 2.29. The van der Waals surface area contributed by atoms with Gasteiger partial charge in [-0.1, -0.05) is 11.6 Å². The van der Waals surface area contributed by atoms with Crippen LogP contribution in [0.15, 0.2) is 18.2 Å². The maximum atomic E-state index is 5.97. The summed E-state index contributed by atoms with van der Waals surface area (Å²) in [6.07, 6.45) is 0.0168. The van der Waals surface area contributed by atoms with Crippen LogP contribution in [0.3, 0.4) is 0 Å². The van der Waals surface area contributed by atoms with Gasteiger partial charge >= 0.3 is 0 Å². The second kappa shape index (κ2) is 4.73. The van der Waals surface area contributed by atoms with Crippen molar-refractivity contribution in [2.75, 3.05) is 5.43 Å². The van der Waals surface area contributed by atoms with Crippen molar-refractivity contribution in [1.29, 1.82) is 0 Å². The lowest BCUT2D eigenvalue weighted by Crippen LogP contribution is -2.12. The van der Waals surface area contributed by atoms with Crippen LogP contribution in [0.25, 0.3) is 10.8 Å². The Bertz CT molecular complexity index is 544. The maximum absolute atomic E-state index is 5.97. The second-order valence-electron chi connectivity index (χ2n) is 3.85. The predicted molar refractivity (Wildman–Crippen MR) is 68.1 cm³/mol. The molecule has 0 bridgehead atoms. The largest absolute Gasteiger partial charge is 0.473 e. The molecule has 6 heteroatoms. The first-order valence-electron chi connectivity index (χ1n) is 5.21. The second-order valence-corrected chi connectivity index (χ2v) is 4.29. The summed E-state index contributed by atoms with van der Waals surface area (Å²) < 4.78 is 5.58. The number of halogens is 1. The van der Waals surface area contributed by atoms with Gasteiger partial charge in [-0.15, -0.1) is 10.2 Å². The number of nitrogen functional groups attached to an aromatic ring is 1. The van der Waals surface area contributed by atoms with Gasteiger partial charge in [-0.2, -0.15) is 0 Å². The minimum Gasteiger partial charge on any atom is -0.473 e. The maximum Gasteiger partial charge on any atom is 0.241 e. The molecule has 2 aromatic rings. The van der Waals surface area contributed by atoms with Crippen LogP contribution >= 0.6 is 11.6 Å². The molecule has 3 N–H and O–H groups in total. The lowest BCUT2D eigenvalue weighted by molar-refractivity contribution is 0.233. The fourth-order valence-corrected chi connectivity index (χ4v) is 1.69. The van der Waals surface area contributed by atoms with Gasteiger partial charge in [0.1, 0.15) is 0 Å². The first-order chi connectivity index (χ1) is 8.11. The summed E-state index contributed by atoms with van der Waals surface area (Å²) in [7, 11) is 0. The van der Waals surface area contributed by atoms with Gasteiger partial charge in [0.25, 0.3) is 0 Å². The van der Waals surface area contributed by atoms with Gasteiger partial charge in [0.05, 0.1) is 11.5 Å². The molecule has 0 fully saturated rings. The van der Waals surface area contributed by atoms with E-state index in [1.165, 1.54) is 0 Å². The van der Waals surface area contributed by atoms with Crippen molar-refractivity contribution in [3.8, 4) is 5.88 Å². The van der Waals surface area contributed by atoms with Crippen molar-refractivity contribution in [2.24, 2.45) is 5.84 Å². The molecule has 5 nitrogen and oxygen atoms in total. The molecule has 1 aromatic heterocycles. The molecule has 0 spiro atoms. The molecule has 1 aromatic carbocycles. The molecule has 0 atom stereocenters. The van der Waals surface area contributed by atoms with Gasteiger partial charge in [0, 0.05) is 10.4 Å². The van der Waals surface area contributed by atoms with Crippen molar-refractivity contribution >= 4 is 28.2 Å². The van der Waals surface area contributed by atoms with Crippen LogP contribution in [0, 0.1) is 0 Å². The number of hydrogen-bond acceptors (Lipinski definition) is 5. The van der Waals surface area contributed by atoms with E-state index in [1.807, 2.05) is 19.9 Å². The molecule has 0 aliphatic heterocycles. The summed E-state index contributed by atoms with van der Waals surface area (Å²) in [6.45, 7) is 3.85. The van der Waals surface area contributed by atoms with E-state index in [0.29, 0.717) is 16.7 Å². The molecule has 0 saturated carbocycles. The number of hydrazine groups is 1. The Hall–Kier alpha value is -1.59. The topological polar surface area (TPSA) is 73.1 Å². The van der Waals surface area contributed by atoms with Crippen LogP contribution in [-0.2, 0) is 0 Å². The van der Waals surface area contributed by atoms with E-state index in [0.717, 1.165) is 10.8 Å². The lowest BCUT2D eigenvalue weighted by Gasteiger charge is -2.12. The molecule has 17 heavy (non-hydrogen) atoms. The molecule has 1 heterocycles. The zero-order valence-electron chi connectivity index (χ0n) is 9.57. The van der Waals surface area contributed by atoms with E-state index in [1.54, 1.807) is 12.1 Å². The number of benzene rings is 1. The molecule has 0 unspecified atom stereocenters. The highest BCUT2D eigenvalue weighted by molar-refractivity contribution is 6.31. The highest BCUT2D eigenvalue weighted by Gasteiger charge is 2.11. The van der Waals surface area contributed by atoms with E-state index in [2.05, 4.69) is 15.6 Å². The molecule has 0 aliphatic carbocycles. The van der Waals surface area contributed by atoms with E-state index in [-0.39, 0.29) is 6.10 Å². The highest BCUT2D eigenvalue weighted by Crippen LogP contribution is 2.30. The Balaban J connectivity index is 2.65. The Morgan fingerprint density at radius 3 is 2.71 bits per heavy atom. The molecular weight excluding hydrogens is 240 g/mol. The number of hydrogen-bond donors (Lipinski definition) is 2. The van der Waals surface area contributed by atoms with Crippen LogP contribution in [0.1, 0.15) is 13.8 Å². The Kier molecular flexibility index (Phi) is 3.31. The highest BCUT2D eigenvalue weighted by atomic mass is 35.5. The smallest absolute Gasteiger partial charge is 0.241 e. The summed E-state index contributed by atoms with van der Waals surface area (Å²) in [6, 6.07) is 5.38. The van der Waals surface area contributed by atoms with Gasteiger partial charge in [0.2, 0.25) is 5.88 Å². The monoisotopic (exact) mass is 252 g/mol. The van der Waals surface area contributed by atoms with Crippen LogP contribution in [-0.4, -0.2) is 16.3 Å². The van der Waals surface area contributed by atoms with Gasteiger partial charge in [-0.3, -0.25) is 0 Å². The molecule has 90 valence electrons. The summed E-state index contributed by atoms with van der Waals surface area (Å²) in [4.78, 5) is 0. The SMILES string of the molecule is CC(C)Oc1nnc(NN)c2ccc(Cl)cc12. The lowest BCUT2D eigenvalue weighted by atomic mass is 10.2. The third kappa shape index (κ3) is 2.40. The van der Waals surface area contributed by atoms with Crippen LogP contribution < -0.4 is 16.0 Å². The molecular formula is C11H13ClN4O. The minimum atomic E-state index is 0.0168. The van der Waals surface area contributed by atoms with Gasteiger partial charge < -0.3 is 10.2 Å². The van der Waals surface area contributed by atoms with Gasteiger partial charge in [-0.25, -0.2) is 5.84 Å². The average molecular weight is 253 g/mol. The van der Waals surface area contributed by atoms with Crippen molar-refractivity contribution in [3.63, 3.8) is 0 Å². The Labute approximate surface area is 104 Å². The number of nitrogens with zero attached hydrogens (tertiary/aromatic N) is 2. The van der Waals surface area contributed by atoms with Crippen molar-refractivity contribution in [1.82, 2.24) is 10.2 Å². The van der Waals surface area contributed by atoms with Crippen molar-refractivity contribution in [2.45, 2.75) is 20.0 Å². The fraction of sp³-hybridized carbons (Fsp3) is 0.273. The predicted octanol–water partition coefficient (Wildman–Crippen LogP) is 2.36. The molecule has 0 saturated heterocycles. The van der Waals surface area contributed by atoms with Crippen LogP contribution in [0.2, 0.25) is 5.02 Å². The third-order valence-electron chi connectivity index (χ3n) is 2.19. The normalized spacial score (nSPS) is 10.9. The summed E-state index contributed by atoms with van der Waals surface area (Å²) in [5, 5.41) is 10.2. The number of ether oxygens (including phenoxy) is 1. The number of rotatable bonds is 3. The molecule has 0 amide bonds. The molecule has 0 aliphatic rings. The summed E-state index contributed by atoms with van der Waals surface area (Å²) in [5.74, 6) is 6.33. The Morgan fingerprint density at radius 1 is 1.29 bits per heavy atom. The first-order valence-corrected chi connectivity index (χ1v) is 5.59. The standard InChI is InChI=1S/C11H13ClN4O/c1-6(2)17-11-9-5-7(12)3-4-8(9)10(14-13)15-16-11/h3-6H,13H2,1-2H3,(H,14,15). The van der Waals surface area contributed by atoms with E-state index < -0.39 is 0 Å². The fourth-order valence-electron chi connectivity index (χ4n) is 1.52. The van der Waals surface area contributed by atoms with Crippen molar-refractivity contribution < 1.29 is 4.74 Å². The minimum absolute atomic E-state index is 0.0168. The zero-order valence-corrected chi connectivity index (χ0v) is 10.3. The summed E-state index contributed by atoms with van der Waals surface area (Å²) >= 11 is 5.97. The number of nitrogens with one attached hydrogen (secondary N) is 1. The number of anilines is 1. The summed E-state index contributed by atoms with van der Waals surface area (Å²) in [5.41, 5.74) is 2.50.